The highest BCUT2D eigenvalue weighted by Gasteiger charge is 2.36. The van der Waals surface area contributed by atoms with Crippen LogP contribution in [0.1, 0.15) is 23.7 Å². The Morgan fingerprint density at radius 2 is 1.90 bits per heavy atom. The van der Waals surface area contributed by atoms with Gasteiger partial charge in [-0.15, -0.1) is 15.0 Å². The first kappa shape index (κ1) is 18.0. The molecule has 148 valence electrons. The van der Waals surface area contributed by atoms with Crippen LogP contribution in [0, 0.1) is 11.7 Å². The Bertz CT molecular complexity index is 1150. The van der Waals surface area contributed by atoms with Crippen LogP contribution in [0.2, 0.25) is 0 Å². The van der Waals surface area contributed by atoms with Crippen LogP contribution in [0.4, 0.5) is 10.2 Å². The Labute approximate surface area is 171 Å². The average Bonchev–Trinajstić information content (AvgIpc) is 3.15. The molecule has 2 aromatic heterocycles. The summed E-state index contributed by atoms with van der Waals surface area (Å²) in [5, 5.41) is 9.09. The number of fused-ring (bicyclic) bond motifs is 4. The van der Waals surface area contributed by atoms with Crippen LogP contribution in [-0.2, 0) is 6.54 Å². The number of rotatable bonds is 3. The van der Waals surface area contributed by atoms with E-state index in [0.29, 0.717) is 36.2 Å². The van der Waals surface area contributed by atoms with Gasteiger partial charge in [0.15, 0.2) is 11.5 Å². The van der Waals surface area contributed by atoms with Crippen LogP contribution in [0.15, 0.2) is 47.3 Å². The zero-order valence-corrected chi connectivity index (χ0v) is 16.3. The van der Waals surface area contributed by atoms with Gasteiger partial charge in [-0.05, 0) is 42.7 Å². The van der Waals surface area contributed by atoms with Gasteiger partial charge in [-0.25, -0.2) is 4.39 Å². The van der Waals surface area contributed by atoms with Crippen LogP contribution < -0.4 is 16.2 Å². The average molecular weight is 410 g/mol. The van der Waals surface area contributed by atoms with Gasteiger partial charge in [0.2, 0.25) is 0 Å². The highest BCUT2D eigenvalue weighted by atomic mass is 32.1. The fourth-order valence-electron chi connectivity index (χ4n) is 4.43. The lowest BCUT2D eigenvalue weighted by molar-refractivity contribution is 0.280. The van der Waals surface area contributed by atoms with Crippen molar-refractivity contribution >= 4 is 23.0 Å². The van der Waals surface area contributed by atoms with Crippen molar-refractivity contribution in [2.75, 3.05) is 18.0 Å². The van der Waals surface area contributed by atoms with Gasteiger partial charge >= 0.3 is 0 Å². The maximum atomic E-state index is 13.3. The number of nitrogens with two attached hydrogens (primary N) is 1. The molecule has 2 aliphatic heterocycles. The number of nitrogens with zero attached hydrogens (tertiary/aromatic N) is 5. The Balaban J connectivity index is 1.52. The van der Waals surface area contributed by atoms with Gasteiger partial charge < -0.3 is 15.2 Å². The van der Waals surface area contributed by atoms with Gasteiger partial charge in [-0.2, -0.15) is 0 Å². The van der Waals surface area contributed by atoms with Crippen molar-refractivity contribution in [3.63, 3.8) is 0 Å². The fraction of sp³-hybridized carbons (Fsp3) is 0.300. The lowest BCUT2D eigenvalue weighted by Gasteiger charge is -2.42. The van der Waals surface area contributed by atoms with Crippen molar-refractivity contribution in [1.82, 2.24) is 19.6 Å². The first-order valence-electron chi connectivity index (χ1n) is 9.47. The SMILES string of the molecule is NC(=S)c1nn(-c2ccc(F)cc2)nc1N1CC2CC(C1)c1cccc(=O)n1C2. The minimum absolute atomic E-state index is 0.0525. The van der Waals surface area contributed by atoms with Crippen molar-refractivity contribution in [2.24, 2.45) is 11.7 Å². The molecule has 0 saturated carbocycles. The number of aromatic nitrogens is 4. The monoisotopic (exact) mass is 410 g/mol. The second-order valence-corrected chi connectivity index (χ2v) is 8.05. The van der Waals surface area contributed by atoms with Crippen molar-refractivity contribution in [2.45, 2.75) is 18.9 Å². The Morgan fingerprint density at radius 3 is 2.66 bits per heavy atom. The minimum Gasteiger partial charge on any atom is -0.388 e. The predicted molar refractivity (Wildman–Crippen MR) is 111 cm³/mol. The zero-order valence-electron chi connectivity index (χ0n) is 15.5. The summed E-state index contributed by atoms with van der Waals surface area (Å²) >= 11 is 5.21. The lowest BCUT2D eigenvalue weighted by Crippen LogP contribution is -2.47. The molecule has 4 heterocycles. The van der Waals surface area contributed by atoms with E-state index in [9.17, 15) is 9.18 Å². The summed E-state index contributed by atoms with van der Waals surface area (Å²) in [6.45, 7) is 2.14. The standard InChI is InChI=1S/C20H19FN6OS/c21-14-4-6-15(7-5-14)27-23-18(19(22)29)20(24-27)25-9-12-8-13(11-25)16-2-1-3-17(28)26(16)10-12/h1-7,12-13H,8-11H2,(H2,22,29). The maximum absolute atomic E-state index is 13.3. The topological polar surface area (TPSA) is 82.0 Å². The molecule has 2 unspecified atom stereocenters. The van der Waals surface area contributed by atoms with E-state index in [1.54, 1.807) is 18.2 Å². The quantitative estimate of drug-likeness (QED) is 0.664. The van der Waals surface area contributed by atoms with Crippen LogP contribution >= 0.6 is 12.2 Å². The number of hydrogen-bond donors (Lipinski definition) is 1. The van der Waals surface area contributed by atoms with E-state index >= 15 is 0 Å². The van der Waals surface area contributed by atoms with E-state index in [2.05, 4.69) is 15.1 Å². The van der Waals surface area contributed by atoms with E-state index in [4.69, 9.17) is 18.0 Å². The number of pyridine rings is 1. The smallest absolute Gasteiger partial charge is 0.250 e. The first-order valence-corrected chi connectivity index (χ1v) is 9.88. The maximum Gasteiger partial charge on any atom is 0.250 e. The summed E-state index contributed by atoms with van der Waals surface area (Å²) in [6.07, 6.45) is 1.04. The Kier molecular flexibility index (Phi) is 4.20. The molecule has 2 N–H and O–H groups in total. The molecule has 1 saturated heterocycles. The Morgan fingerprint density at radius 1 is 1.10 bits per heavy atom. The number of benzene rings is 1. The molecule has 5 rings (SSSR count). The summed E-state index contributed by atoms with van der Waals surface area (Å²) in [7, 11) is 0. The van der Waals surface area contributed by atoms with E-state index in [1.807, 2.05) is 16.7 Å². The minimum atomic E-state index is -0.325. The van der Waals surface area contributed by atoms with Crippen LogP contribution in [0.5, 0.6) is 0 Å². The highest BCUT2D eigenvalue weighted by molar-refractivity contribution is 7.80. The van der Waals surface area contributed by atoms with Crippen molar-refractivity contribution in [3.8, 4) is 5.69 Å². The van der Waals surface area contributed by atoms with Crippen LogP contribution in [0.3, 0.4) is 0 Å². The molecular formula is C20H19FN6OS. The molecule has 2 bridgehead atoms. The predicted octanol–water partition coefficient (Wildman–Crippen LogP) is 1.83. The zero-order chi connectivity index (χ0) is 20.1. The molecule has 1 aromatic carbocycles. The summed E-state index contributed by atoms with van der Waals surface area (Å²) in [4.78, 5) is 16.0. The van der Waals surface area contributed by atoms with E-state index in [0.717, 1.165) is 18.7 Å². The second kappa shape index (κ2) is 6.77. The fourth-order valence-corrected chi connectivity index (χ4v) is 4.56. The van der Waals surface area contributed by atoms with Gasteiger partial charge in [0.1, 0.15) is 10.8 Å². The van der Waals surface area contributed by atoms with E-state index in [-0.39, 0.29) is 22.3 Å². The van der Waals surface area contributed by atoms with Crippen LogP contribution in [0.25, 0.3) is 5.69 Å². The molecule has 0 amide bonds. The third kappa shape index (κ3) is 3.11. The normalized spacial score (nSPS) is 20.4. The Hall–Kier alpha value is -3.07. The van der Waals surface area contributed by atoms with E-state index in [1.165, 1.54) is 16.9 Å². The molecule has 0 spiro atoms. The summed E-state index contributed by atoms with van der Waals surface area (Å²) in [5.41, 5.74) is 8.12. The number of halogens is 1. The summed E-state index contributed by atoms with van der Waals surface area (Å²) in [5.74, 6) is 0.861. The molecule has 0 radical (unpaired) electrons. The molecule has 3 aromatic rings. The number of thiocarbonyl (C=S) groups is 1. The molecule has 2 aliphatic rings. The molecule has 7 nitrogen and oxygen atoms in total. The molecular weight excluding hydrogens is 391 g/mol. The number of hydrogen-bond acceptors (Lipinski definition) is 5. The lowest BCUT2D eigenvalue weighted by atomic mass is 9.83. The summed E-state index contributed by atoms with van der Waals surface area (Å²) in [6, 6.07) is 11.4. The molecule has 9 heteroatoms. The third-order valence-corrected chi connectivity index (χ3v) is 5.86. The van der Waals surface area contributed by atoms with Crippen molar-refractivity contribution in [3.05, 3.63) is 70.0 Å². The first-order chi connectivity index (χ1) is 14.0. The van der Waals surface area contributed by atoms with E-state index < -0.39 is 0 Å². The summed E-state index contributed by atoms with van der Waals surface area (Å²) < 4.78 is 15.2. The molecule has 0 aliphatic carbocycles. The molecule has 1 fully saturated rings. The largest absolute Gasteiger partial charge is 0.388 e. The number of anilines is 1. The van der Waals surface area contributed by atoms with Gasteiger partial charge in [0.25, 0.3) is 5.56 Å². The molecule has 29 heavy (non-hydrogen) atoms. The van der Waals surface area contributed by atoms with Crippen LogP contribution in [-0.4, -0.2) is 37.6 Å². The molecule has 2 atom stereocenters. The number of piperidine rings is 1. The van der Waals surface area contributed by atoms with Crippen molar-refractivity contribution < 1.29 is 4.39 Å². The second-order valence-electron chi connectivity index (χ2n) is 7.61. The third-order valence-electron chi connectivity index (χ3n) is 5.67. The van der Waals surface area contributed by atoms with Gasteiger partial charge in [0.05, 0.1) is 5.69 Å². The van der Waals surface area contributed by atoms with Gasteiger partial charge in [-0.3, -0.25) is 4.79 Å². The van der Waals surface area contributed by atoms with Crippen molar-refractivity contribution in [1.29, 1.82) is 0 Å². The van der Waals surface area contributed by atoms with Gasteiger partial charge in [0, 0.05) is 37.3 Å². The van der Waals surface area contributed by atoms with Gasteiger partial charge in [-0.1, -0.05) is 18.3 Å². The highest BCUT2D eigenvalue weighted by Crippen LogP contribution is 2.37.